The molecule has 1 unspecified atom stereocenters. The number of carbonyl (C=O) groups excluding carboxylic acids is 1. The second kappa shape index (κ2) is 8.66. The average molecular weight is 432 g/mol. The molecule has 0 spiro atoms. The fourth-order valence-corrected chi connectivity index (χ4v) is 4.09. The highest BCUT2D eigenvalue weighted by molar-refractivity contribution is 7.90. The van der Waals surface area contributed by atoms with Gasteiger partial charge in [0.1, 0.15) is 11.9 Å². The Kier molecular flexibility index (Phi) is 5.79. The zero-order chi connectivity index (χ0) is 21.8. The summed E-state index contributed by atoms with van der Waals surface area (Å²) in [6.07, 6.45) is 1.68. The lowest BCUT2D eigenvalue weighted by atomic mass is 10.0. The number of ether oxygens (including phenoxy) is 1. The van der Waals surface area contributed by atoms with Crippen LogP contribution in [0.15, 0.2) is 77.7 Å². The van der Waals surface area contributed by atoms with Gasteiger partial charge in [-0.05, 0) is 35.4 Å². The van der Waals surface area contributed by atoms with Gasteiger partial charge in [-0.2, -0.15) is 0 Å². The van der Waals surface area contributed by atoms with Crippen molar-refractivity contribution in [1.29, 1.82) is 0 Å². The first-order valence-electron chi connectivity index (χ1n) is 9.84. The van der Waals surface area contributed by atoms with Gasteiger partial charge < -0.3 is 10.1 Å². The third kappa shape index (κ3) is 4.96. The monoisotopic (exact) mass is 431 g/mol. The van der Waals surface area contributed by atoms with Crippen molar-refractivity contribution < 1.29 is 17.9 Å². The molecule has 1 aliphatic rings. The zero-order valence-electron chi connectivity index (χ0n) is 17.0. The molecule has 3 aromatic rings. The van der Waals surface area contributed by atoms with Gasteiger partial charge in [0, 0.05) is 29.7 Å². The third-order valence-electron chi connectivity index (χ3n) is 5.01. The van der Waals surface area contributed by atoms with Gasteiger partial charge in [-0.15, -0.1) is 0 Å². The van der Waals surface area contributed by atoms with Crippen molar-refractivity contribution in [2.24, 2.45) is 0 Å². The third-order valence-corrected chi connectivity index (χ3v) is 6.14. The van der Waals surface area contributed by atoms with Gasteiger partial charge in [0.15, 0.2) is 9.84 Å². The van der Waals surface area contributed by atoms with Crippen molar-refractivity contribution in [1.82, 2.24) is 5.32 Å². The molecule has 4 rings (SSSR count). The number of hydrogen-bond donors (Lipinski definition) is 1. The van der Waals surface area contributed by atoms with E-state index in [1.165, 1.54) is 6.26 Å². The maximum absolute atomic E-state index is 12.1. The van der Waals surface area contributed by atoms with Gasteiger partial charge in [-0.1, -0.05) is 54.5 Å². The van der Waals surface area contributed by atoms with Crippen LogP contribution in [0.4, 0.5) is 0 Å². The van der Waals surface area contributed by atoms with E-state index in [9.17, 15) is 13.2 Å². The Morgan fingerprint density at radius 1 is 1.03 bits per heavy atom. The van der Waals surface area contributed by atoms with Crippen molar-refractivity contribution in [2.45, 2.75) is 17.4 Å². The number of fused-ring (bicyclic) bond motifs is 1. The van der Waals surface area contributed by atoms with Gasteiger partial charge in [0.05, 0.1) is 11.4 Å². The number of sulfone groups is 1. The first-order chi connectivity index (χ1) is 14.9. The molecular formula is C25H21NO4S. The molecular weight excluding hydrogens is 410 g/mol. The molecule has 3 aromatic carbocycles. The van der Waals surface area contributed by atoms with Gasteiger partial charge in [-0.25, -0.2) is 8.42 Å². The Balaban J connectivity index is 1.43. The van der Waals surface area contributed by atoms with E-state index >= 15 is 0 Å². The van der Waals surface area contributed by atoms with Crippen LogP contribution < -0.4 is 10.1 Å². The molecule has 1 heterocycles. The number of amides is 1. The summed E-state index contributed by atoms with van der Waals surface area (Å²) in [5, 5.41) is 2.81. The first kappa shape index (κ1) is 20.7. The minimum Gasteiger partial charge on any atom is -0.487 e. The molecule has 6 heteroatoms. The molecule has 31 heavy (non-hydrogen) atoms. The summed E-state index contributed by atoms with van der Waals surface area (Å²) in [5.41, 5.74) is 3.62. The van der Waals surface area contributed by atoms with Crippen LogP contribution in [0.25, 0.3) is 11.1 Å². The SMILES string of the molecule is CS(=O)(=O)c1ccc(-c2cccc3c2OC(CNC(=O)C#Cc2ccccc2)C3)cc1. The molecule has 1 N–H and O–H groups in total. The van der Waals surface area contributed by atoms with Crippen LogP contribution in [-0.4, -0.2) is 33.2 Å². The quantitative estimate of drug-likeness (QED) is 0.644. The second-order valence-electron chi connectivity index (χ2n) is 7.36. The van der Waals surface area contributed by atoms with Crippen molar-refractivity contribution in [2.75, 3.05) is 12.8 Å². The molecule has 0 bridgehead atoms. The van der Waals surface area contributed by atoms with Crippen LogP contribution in [0.3, 0.4) is 0 Å². The standard InChI is InChI=1S/C25H21NO4S/c1-31(28,29)22-13-11-19(12-14-22)23-9-5-8-20-16-21(30-25(20)23)17-26-24(27)15-10-18-6-3-2-4-7-18/h2-9,11-14,21H,16-17H2,1H3,(H,26,27). The Morgan fingerprint density at radius 3 is 2.48 bits per heavy atom. The number of rotatable bonds is 4. The number of para-hydroxylation sites is 1. The lowest BCUT2D eigenvalue weighted by Gasteiger charge is -2.13. The summed E-state index contributed by atoms with van der Waals surface area (Å²) in [4.78, 5) is 12.3. The molecule has 156 valence electrons. The van der Waals surface area contributed by atoms with Crippen LogP contribution in [0, 0.1) is 11.8 Å². The van der Waals surface area contributed by atoms with Gasteiger partial charge in [0.2, 0.25) is 0 Å². The van der Waals surface area contributed by atoms with Crippen LogP contribution in [0.1, 0.15) is 11.1 Å². The smallest absolute Gasteiger partial charge is 0.296 e. The Hall–Kier alpha value is -3.56. The minimum atomic E-state index is -3.24. The molecule has 0 aliphatic carbocycles. The maximum Gasteiger partial charge on any atom is 0.296 e. The first-order valence-corrected chi connectivity index (χ1v) is 11.7. The van der Waals surface area contributed by atoms with E-state index in [0.717, 1.165) is 28.0 Å². The van der Waals surface area contributed by atoms with Crippen molar-refractivity contribution in [3.63, 3.8) is 0 Å². The van der Waals surface area contributed by atoms with E-state index < -0.39 is 9.84 Å². The van der Waals surface area contributed by atoms with E-state index in [0.29, 0.717) is 13.0 Å². The summed E-state index contributed by atoms with van der Waals surface area (Å²) in [6, 6.07) is 22.0. The van der Waals surface area contributed by atoms with Gasteiger partial charge in [-0.3, -0.25) is 4.79 Å². The molecule has 0 aromatic heterocycles. The number of benzene rings is 3. The van der Waals surface area contributed by atoms with Crippen molar-refractivity contribution in [3.05, 3.63) is 83.9 Å². The molecule has 0 radical (unpaired) electrons. The largest absolute Gasteiger partial charge is 0.487 e. The second-order valence-corrected chi connectivity index (χ2v) is 9.38. The highest BCUT2D eigenvalue weighted by Gasteiger charge is 2.26. The predicted molar refractivity (Wildman–Crippen MR) is 119 cm³/mol. The molecule has 5 nitrogen and oxygen atoms in total. The molecule has 1 amide bonds. The van der Waals surface area contributed by atoms with E-state index in [4.69, 9.17) is 4.74 Å². The van der Waals surface area contributed by atoms with E-state index in [2.05, 4.69) is 17.2 Å². The average Bonchev–Trinajstić information content (AvgIpc) is 3.20. The Labute approximate surface area is 182 Å². The minimum absolute atomic E-state index is 0.186. The Bertz CT molecular complexity index is 1270. The summed E-state index contributed by atoms with van der Waals surface area (Å²) in [6.45, 7) is 0.351. The summed E-state index contributed by atoms with van der Waals surface area (Å²) in [5.74, 6) is 5.85. The van der Waals surface area contributed by atoms with Crippen molar-refractivity contribution >= 4 is 15.7 Å². The molecule has 0 saturated carbocycles. The predicted octanol–water partition coefficient (Wildman–Crippen LogP) is 3.23. The van der Waals surface area contributed by atoms with E-state index in [-0.39, 0.29) is 16.9 Å². The lowest BCUT2D eigenvalue weighted by Crippen LogP contribution is -2.33. The number of carbonyl (C=O) groups is 1. The molecule has 1 aliphatic heterocycles. The summed E-state index contributed by atoms with van der Waals surface area (Å²) >= 11 is 0. The van der Waals surface area contributed by atoms with E-state index in [1.807, 2.05) is 48.5 Å². The van der Waals surface area contributed by atoms with Crippen molar-refractivity contribution in [3.8, 4) is 28.7 Å². The highest BCUT2D eigenvalue weighted by atomic mass is 32.2. The van der Waals surface area contributed by atoms with E-state index in [1.54, 1.807) is 24.3 Å². The summed E-state index contributed by atoms with van der Waals surface area (Å²) < 4.78 is 29.5. The summed E-state index contributed by atoms with van der Waals surface area (Å²) in [7, 11) is -3.24. The Morgan fingerprint density at radius 2 is 1.77 bits per heavy atom. The molecule has 0 fully saturated rings. The van der Waals surface area contributed by atoms with Crippen LogP contribution in [0.5, 0.6) is 5.75 Å². The topological polar surface area (TPSA) is 72.5 Å². The maximum atomic E-state index is 12.1. The fourth-order valence-electron chi connectivity index (χ4n) is 3.46. The van der Waals surface area contributed by atoms with Crippen LogP contribution in [0.2, 0.25) is 0 Å². The van der Waals surface area contributed by atoms with Gasteiger partial charge >= 0.3 is 0 Å². The zero-order valence-corrected chi connectivity index (χ0v) is 17.8. The number of hydrogen-bond acceptors (Lipinski definition) is 4. The van der Waals surface area contributed by atoms with Crippen LogP contribution in [-0.2, 0) is 21.1 Å². The fraction of sp³-hybridized carbons (Fsp3) is 0.160. The van der Waals surface area contributed by atoms with Gasteiger partial charge in [0.25, 0.3) is 5.91 Å². The normalized spacial score (nSPS) is 14.7. The highest BCUT2D eigenvalue weighted by Crippen LogP contribution is 2.38. The number of nitrogens with one attached hydrogen (secondary N) is 1. The lowest BCUT2D eigenvalue weighted by molar-refractivity contribution is -0.116. The molecule has 0 saturated heterocycles. The molecule has 1 atom stereocenters. The van der Waals surface area contributed by atoms with Crippen LogP contribution >= 0.6 is 0 Å².